The van der Waals surface area contributed by atoms with Gasteiger partial charge in [-0.15, -0.1) is 0 Å². The Hall–Kier alpha value is -2.45. The number of benzene rings is 1. The van der Waals surface area contributed by atoms with Gasteiger partial charge in [0.25, 0.3) is 0 Å². The number of fused-ring (bicyclic) bond motifs is 1. The number of hydrogen-bond donors (Lipinski definition) is 2. The molecule has 132 valence electrons. The van der Waals surface area contributed by atoms with E-state index in [0.717, 1.165) is 33.8 Å². The van der Waals surface area contributed by atoms with E-state index >= 15 is 0 Å². The average molecular weight is 360 g/mol. The van der Waals surface area contributed by atoms with Crippen LogP contribution in [0.3, 0.4) is 0 Å². The highest BCUT2D eigenvalue weighted by atomic mass is 32.2. The molecule has 2 aromatic heterocycles. The van der Waals surface area contributed by atoms with Crippen molar-refractivity contribution < 1.29 is 12.8 Å². The minimum atomic E-state index is -2.95. The predicted octanol–water partition coefficient (Wildman–Crippen LogP) is 2.07. The van der Waals surface area contributed by atoms with Crippen molar-refractivity contribution >= 4 is 26.6 Å². The van der Waals surface area contributed by atoms with Gasteiger partial charge in [0.05, 0.1) is 17.8 Å². The van der Waals surface area contributed by atoms with Gasteiger partial charge in [0.15, 0.2) is 0 Å². The van der Waals surface area contributed by atoms with Crippen molar-refractivity contribution in [2.45, 2.75) is 6.54 Å². The molecule has 0 unspecified atom stereocenters. The highest BCUT2D eigenvalue weighted by Crippen LogP contribution is 2.28. The van der Waals surface area contributed by atoms with Crippen molar-refractivity contribution in [3.05, 3.63) is 42.4 Å². The molecule has 25 heavy (non-hydrogen) atoms. The third-order valence-electron chi connectivity index (χ3n) is 3.77. The van der Waals surface area contributed by atoms with Crippen LogP contribution >= 0.6 is 0 Å². The van der Waals surface area contributed by atoms with E-state index in [0.29, 0.717) is 13.1 Å². The van der Waals surface area contributed by atoms with Crippen LogP contribution in [-0.2, 0) is 16.4 Å². The van der Waals surface area contributed by atoms with Crippen LogP contribution < -0.4 is 10.6 Å². The summed E-state index contributed by atoms with van der Waals surface area (Å²) in [6.07, 6.45) is 2.75. The summed E-state index contributed by atoms with van der Waals surface area (Å²) < 4.78 is 28.1. The fourth-order valence-electron chi connectivity index (χ4n) is 2.51. The molecule has 0 atom stereocenters. The molecule has 0 bridgehead atoms. The second-order valence-electron chi connectivity index (χ2n) is 5.78. The highest BCUT2D eigenvalue weighted by molar-refractivity contribution is 7.90. The molecule has 1 aromatic carbocycles. The SMILES string of the molecule is CNc1ncnc2ccc(-c3ccc(CNCCS(C)(=O)=O)o3)cc12. The molecule has 0 saturated heterocycles. The first-order valence-electron chi connectivity index (χ1n) is 7.86. The Labute approximate surface area is 146 Å². The van der Waals surface area contributed by atoms with E-state index in [9.17, 15) is 8.42 Å². The van der Waals surface area contributed by atoms with Gasteiger partial charge < -0.3 is 15.1 Å². The topological polar surface area (TPSA) is 97.1 Å². The van der Waals surface area contributed by atoms with Crippen molar-refractivity contribution in [3.63, 3.8) is 0 Å². The van der Waals surface area contributed by atoms with Crippen LogP contribution in [0, 0.1) is 0 Å². The zero-order valence-corrected chi connectivity index (χ0v) is 14.9. The Morgan fingerprint density at radius 1 is 1.16 bits per heavy atom. The van der Waals surface area contributed by atoms with Crippen molar-refractivity contribution in [3.8, 4) is 11.3 Å². The van der Waals surface area contributed by atoms with E-state index in [1.807, 2.05) is 37.4 Å². The summed E-state index contributed by atoms with van der Waals surface area (Å²) in [7, 11) is -1.13. The van der Waals surface area contributed by atoms with E-state index < -0.39 is 9.84 Å². The molecular weight excluding hydrogens is 340 g/mol. The second-order valence-corrected chi connectivity index (χ2v) is 8.04. The van der Waals surface area contributed by atoms with Gasteiger partial charge in [-0.05, 0) is 30.3 Å². The fraction of sp³-hybridized carbons (Fsp3) is 0.294. The normalized spacial score (nSPS) is 11.8. The standard InChI is InChI=1S/C17H20N4O3S/c1-18-17-14-9-12(3-5-15(14)20-11-21-17)16-6-4-13(24-16)10-19-7-8-25(2,22)23/h3-6,9,11,19H,7-8,10H2,1-2H3,(H,18,20,21). The van der Waals surface area contributed by atoms with Crippen molar-refractivity contribution in [1.82, 2.24) is 15.3 Å². The number of aromatic nitrogens is 2. The summed E-state index contributed by atoms with van der Waals surface area (Å²) in [5.41, 5.74) is 1.79. The molecule has 0 radical (unpaired) electrons. The first kappa shape index (κ1) is 17.4. The molecule has 0 fully saturated rings. The maximum Gasteiger partial charge on any atom is 0.148 e. The Morgan fingerprint density at radius 3 is 2.76 bits per heavy atom. The van der Waals surface area contributed by atoms with Crippen molar-refractivity contribution in [2.24, 2.45) is 0 Å². The van der Waals surface area contributed by atoms with Crippen LogP contribution in [-0.4, -0.2) is 44.0 Å². The van der Waals surface area contributed by atoms with Gasteiger partial charge >= 0.3 is 0 Å². The molecule has 0 aliphatic heterocycles. The first-order chi connectivity index (χ1) is 12.0. The maximum atomic E-state index is 11.1. The largest absolute Gasteiger partial charge is 0.460 e. The zero-order valence-electron chi connectivity index (χ0n) is 14.1. The van der Waals surface area contributed by atoms with E-state index in [-0.39, 0.29) is 5.75 Å². The predicted molar refractivity (Wildman–Crippen MR) is 98.2 cm³/mol. The summed E-state index contributed by atoms with van der Waals surface area (Å²) in [6, 6.07) is 9.65. The summed E-state index contributed by atoms with van der Waals surface area (Å²) >= 11 is 0. The lowest BCUT2D eigenvalue weighted by molar-refractivity contribution is 0.498. The minimum Gasteiger partial charge on any atom is -0.460 e. The molecule has 0 amide bonds. The molecule has 0 aliphatic rings. The molecule has 7 nitrogen and oxygen atoms in total. The molecule has 3 aromatic rings. The average Bonchev–Trinajstić information content (AvgIpc) is 3.06. The molecule has 0 saturated carbocycles. The van der Waals surface area contributed by atoms with E-state index in [4.69, 9.17) is 4.42 Å². The summed E-state index contributed by atoms with van der Waals surface area (Å²) in [6.45, 7) is 0.877. The van der Waals surface area contributed by atoms with Crippen molar-refractivity contribution in [1.29, 1.82) is 0 Å². The molecule has 3 rings (SSSR count). The monoisotopic (exact) mass is 360 g/mol. The van der Waals surface area contributed by atoms with Crippen LogP contribution in [0.5, 0.6) is 0 Å². The van der Waals surface area contributed by atoms with E-state index in [2.05, 4.69) is 20.6 Å². The second kappa shape index (κ2) is 7.20. The Bertz CT molecular complexity index is 982. The Kier molecular flexibility index (Phi) is 5.00. The van der Waals surface area contributed by atoms with Gasteiger partial charge in [-0.2, -0.15) is 0 Å². The number of furan rings is 1. The lowest BCUT2D eigenvalue weighted by Crippen LogP contribution is -2.21. The van der Waals surface area contributed by atoms with Gasteiger partial charge in [0, 0.05) is 30.8 Å². The number of rotatable bonds is 7. The van der Waals surface area contributed by atoms with Gasteiger partial charge in [-0.25, -0.2) is 18.4 Å². The van der Waals surface area contributed by atoms with Gasteiger partial charge in [0.1, 0.15) is 33.5 Å². The molecular formula is C17H20N4O3S. The molecule has 2 N–H and O–H groups in total. The molecule has 0 spiro atoms. The van der Waals surface area contributed by atoms with Crippen LogP contribution in [0.4, 0.5) is 5.82 Å². The van der Waals surface area contributed by atoms with Crippen LogP contribution in [0.1, 0.15) is 5.76 Å². The van der Waals surface area contributed by atoms with Gasteiger partial charge in [-0.1, -0.05) is 0 Å². The van der Waals surface area contributed by atoms with Gasteiger partial charge in [0.2, 0.25) is 0 Å². The zero-order chi connectivity index (χ0) is 17.9. The van der Waals surface area contributed by atoms with Crippen molar-refractivity contribution in [2.75, 3.05) is 30.9 Å². The minimum absolute atomic E-state index is 0.109. The highest BCUT2D eigenvalue weighted by Gasteiger charge is 2.09. The summed E-state index contributed by atoms with van der Waals surface area (Å²) in [5, 5.41) is 7.05. The number of nitrogens with zero attached hydrogens (tertiary/aromatic N) is 2. The quantitative estimate of drug-likeness (QED) is 0.623. The molecule has 2 heterocycles. The number of sulfone groups is 1. The van der Waals surface area contributed by atoms with Crippen LogP contribution in [0.25, 0.3) is 22.2 Å². The Morgan fingerprint density at radius 2 is 2.00 bits per heavy atom. The van der Waals surface area contributed by atoms with E-state index in [1.165, 1.54) is 12.6 Å². The Balaban J connectivity index is 1.74. The lowest BCUT2D eigenvalue weighted by atomic mass is 10.1. The fourth-order valence-corrected chi connectivity index (χ4v) is 3.02. The number of nitrogens with one attached hydrogen (secondary N) is 2. The third kappa shape index (κ3) is 4.34. The number of hydrogen-bond acceptors (Lipinski definition) is 7. The van der Waals surface area contributed by atoms with Crippen LogP contribution in [0.2, 0.25) is 0 Å². The molecule has 0 aliphatic carbocycles. The first-order valence-corrected chi connectivity index (χ1v) is 9.92. The summed E-state index contributed by atoms with van der Waals surface area (Å²) in [5.74, 6) is 2.37. The lowest BCUT2D eigenvalue weighted by Gasteiger charge is -2.05. The number of anilines is 1. The summed E-state index contributed by atoms with van der Waals surface area (Å²) in [4.78, 5) is 8.48. The smallest absolute Gasteiger partial charge is 0.148 e. The third-order valence-corrected chi connectivity index (χ3v) is 4.71. The van der Waals surface area contributed by atoms with E-state index in [1.54, 1.807) is 0 Å². The van der Waals surface area contributed by atoms with Crippen LogP contribution in [0.15, 0.2) is 41.1 Å². The molecule has 8 heteroatoms. The van der Waals surface area contributed by atoms with Gasteiger partial charge in [-0.3, -0.25) is 0 Å². The maximum absolute atomic E-state index is 11.1.